The average Bonchev–Trinajstić information content (AvgIpc) is 3.10. The Bertz CT molecular complexity index is 1300. The van der Waals surface area contributed by atoms with Crippen LogP contribution in [0.25, 0.3) is 0 Å². The van der Waals surface area contributed by atoms with E-state index in [0.717, 1.165) is 41.6 Å². The van der Waals surface area contributed by atoms with Crippen molar-refractivity contribution in [1.82, 2.24) is 14.1 Å². The van der Waals surface area contributed by atoms with E-state index < -0.39 is 10.0 Å². The van der Waals surface area contributed by atoms with Crippen LogP contribution in [0.1, 0.15) is 57.7 Å². The maximum Gasteiger partial charge on any atom is 0.255 e. The standard InChI is InChI=1S/C26H32N4O3S/c1-18-8-13-24(19(2)16-18)27-26(31)23-11-9-22(10-12-23)17-30-21(4)25(20(3)28-30)34(32,33)29-14-6-5-7-15-29/h8-13,16H,5-7,14-15,17H2,1-4H3,(H,27,31). The summed E-state index contributed by atoms with van der Waals surface area (Å²) < 4.78 is 29.8. The Morgan fingerprint density at radius 3 is 2.29 bits per heavy atom. The van der Waals surface area contributed by atoms with Crippen molar-refractivity contribution in [3.8, 4) is 0 Å². The summed E-state index contributed by atoms with van der Waals surface area (Å²) in [6.07, 6.45) is 2.87. The van der Waals surface area contributed by atoms with Gasteiger partial charge in [-0.25, -0.2) is 8.42 Å². The first-order valence-electron chi connectivity index (χ1n) is 11.7. The molecule has 1 saturated heterocycles. The van der Waals surface area contributed by atoms with Crippen LogP contribution in [-0.4, -0.2) is 41.5 Å². The number of sulfonamides is 1. The molecule has 0 spiro atoms. The van der Waals surface area contributed by atoms with Crippen LogP contribution in [0.3, 0.4) is 0 Å². The van der Waals surface area contributed by atoms with Gasteiger partial charge >= 0.3 is 0 Å². The second kappa shape index (κ2) is 9.72. The molecule has 0 atom stereocenters. The minimum absolute atomic E-state index is 0.167. The lowest BCUT2D eigenvalue weighted by molar-refractivity contribution is 0.102. The quantitative estimate of drug-likeness (QED) is 0.559. The Morgan fingerprint density at radius 1 is 0.971 bits per heavy atom. The van der Waals surface area contributed by atoms with Gasteiger partial charge in [0.05, 0.1) is 17.9 Å². The zero-order chi connectivity index (χ0) is 24.5. The number of nitrogens with zero attached hydrogens (tertiary/aromatic N) is 3. The van der Waals surface area contributed by atoms with E-state index in [2.05, 4.69) is 10.4 Å². The predicted molar refractivity (Wildman–Crippen MR) is 134 cm³/mol. The van der Waals surface area contributed by atoms with Crippen LogP contribution in [0.2, 0.25) is 0 Å². The molecule has 4 rings (SSSR count). The predicted octanol–water partition coefficient (Wildman–Crippen LogP) is 4.59. The lowest BCUT2D eigenvalue weighted by Gasteiger charge is -2.26. The number of benzene rings is 2. The summed E-state index contributed by atoms with van der Waals surface area (Å²) in [6, 6.07) is 13.2. The first-order valence-corrected chi connectivity index (χ1v) is 13.1. The number of amides is 1. The number of hydrogen-bond donors (Lipinski definition) is 1. The molecule has 7 nitrogen and oxygen atoms in total. The van der Waals surface area contributed by atoms with Gasteiger partial charge < -0.3 is 5.32 Å². The van der Waals surface area contributed by atoms with Crippen molar-refractivity contribution >= 4 is 21.6 Å². The van der Waals surface area contributed by atoms with E-state index >= 15 is 0 Å². The van der Waals surface area contributed by atoms with Crippen LogP contribution in [0, 0.1) is 27.7 Å². The van der Waals surface area contributed by atoms with E-state index in [1.165, 1.54) is 0 Å². The lowest BCUT2D eigenvalue weighted by atomic mass is 10.1. The molecule has 0 saturated carbocycles. The fraction of sp³-hybridized carbons (Fsp3) is 0.385. The molecule has 1 aromatic heterocycles. The van der Waals surface area contributed by atoms with Crippen molar-refractivity contribution in [3.63, 3.8) is 0 Å². The van der Waals surface area contributed by atoms with E-state index in [4.69, 9.17) is 0 Å². The van der Waals surface area contributed by atoms with Crippen molar-refractivity contribution in [2.45, 2.75) is 58.4 Å². The maximum absolute atomic E-state index is 13.2. The van der Waals surface area contributed by atoms with Gasteiger partial charge in [-0.2, -0.15) is 9.40 Å². The van der Waals surface area contributed by atoms with Crippen LogP contribution in [0.15, 0.2) is 47.4 Å². The highest BCUT2D eigenvalue weighted by atomic mass is 32.2. The molecular weight excluding hydrogens is 448 g/mol. The van der Waals surface area contributed by atoms with Crippen molar-refractivity contribution < 1.29 is 13.2 Å². The molecule has 1 aliphatic rings. The fourth-order valence-electron chi connectivity index (χ4n) is 4.52. The molecule has 0 radical (unpaired) electrons. The fourth-order valence-corrected chi connectivity index (χ4v) is 6.41. The van der Waals surface area contributed by atoms with Crippen LogP contribution >= 0.6 is 0 Å². The number of hydrogen-bond acceptors (Lipinski definition) is 4. The molecule has 8 heteroatoms. The molecule has 34 heavy (non-hydrogen) atoms. The monoisotopic (exact) mass is 480 g/mol. The van der Waals surface area contributed by atoms with Gasteiger partial charge in [0.1, 0.15) is 4.90 Å². The third kappa shape index (κ3) is 4.93. The van der Waals surface area contributed by atoms with E-state index in [9.17, 15) is 13.2 Å². The summed E-state index contributed by atoms with van der Waals surface area (Å²) in [4.78, 5) is 13.0. The molecule has 1 amide bonds. The van der Waals surface area contributed by atoms with Gasteiger partial charge in [0.2, 0.25) is 10.0 Å². The number of nitrogens with one attached hydrogen (secondary N) is 1. The van der Waals surface area contributed by atoms with Gasteiger partial charge in [-0.15, -0.1) is 0 Å². The second-order valence-corrected chi connectivity index (χ2v) is 11.0. The van der Waals surface area contributed by atoms with Gasteiger partial charge in [-0.3, -0.25) is 9.48 Å². The summed E-state index contributed by atoms with van der Waals surface area (Å²) in [5, 5.41) is 7.49. The van der Waals surface area contributed by atoms with E-state index in [-0.39, 0.29) is 5.91 Å². The summed E-state index contributed by atoms with van der Waals surface area (Å²) in [6.45, 7) is 9.12. The highest BCUT2D eigenvalue weighted by molar-refractivity contribution is 7.89. The van der Waals surface area contributed by atoms with Crippen LogP contribution in [0.4, 0.5) is 5.69 Å². The molecular formula is C26H32N4O3S. The van der Waals surface area contributed by atoms with Crippen molar-refractivity contribution in [2.24, 2.45) is 0 Å². The van der Waals surface area contributed by atoms with Gasteiger partial charge in [0.25, 0.3) is 5.91 Å². The number of aromatic nitrogens is 2. The third-order valence-electron chi connectivity index (χ3n) is 6.41. The first-order chi connectivity index (χ1) is 16.2. The topological polar surface area (TPSA) is 84.3 Å². The van der Waals surface area contributed by atoms with E-state index in [1.54, 1.807) is 28.0 Å². The normalized spacial score (nSPS) is 14.8. The van der Waals surface area contributed by atoms with E-state index in [0.29, 0.717) is 41.5 Å². The average molecular weight is 481 g/mol. The van der Waals surface area contributed by atoms with Crippen molar-refractivity contribution in [1.29, 1.82) is 0 Å². The first kappa shape index (κ1) is 24.2. The number of rotatable bonds is 6. The number of carbonyl (C=O) groups excluding carboxylic acids is 1. The minimum atomic E-state index is -3.55. The largest absolute Gasteiger partial charge is 0.322 e. The number of piperidine rings is 1. The number of anilines is 1. The Kier molecular flexibility index (Phi) is 6.91. The van der Waals surface area contributed by atoms with Crippen LogP contribution in [0.5, 0.6) is 0 Å². The van der Waals surface area contributed by atoms with E-state index in [1.807, 2.05) is 51.1 Å². The van der Waals surface area contributed by atoms with Gasteiger partial charge in [0.15, 0.2) is 0 Å². The molecule has 1 aliphatic heterocycles. The molecule has 2 heterocycles. The highest BCUT2D eigenvalue weighted by Crippen LogP contribution is 2.26. The summed E-state index contributed by atoms with van der Waals surface area (Å²) in [7, 11) is -3.55. The third-order valence-corrected chi connectivity index (χ3v) is 8.56. The van der Waals surface area contributed by atoms with Gasteiger partial charge in [-0.1, -0.05) is 36.2 Å². The Balaban J connectivity index is 1.49. The minimum Gasteiger partial charge on any atom is -0.322 e. The molecule has 0 unspecified atom stereocenters. The molecule has 2 aromatic carbocycles. The Hall–Kier alpha value is -2.97. The Morgan fingerprint density at radius 2 is 1.65 bits per heavy atom. The van der Waals surface area contributed by atoms with Crippen LogP contribution < -0.4 is 5.32 Å². The molecule has 1 N–H and O–H groups in total. The SMILES string of the molecule is Cc1ccc(NC(=O)c2ccc(Cn3nc(C)c(S(=O)(=O)N4CCCCC4)c3C)cc2)c(C)c1. The summed E-state index contributed by atoms with van der Waals surface area (Å²) in [5.41, 5.74) is 5.62. The van der Waals surface area contributed by atoms with Gasteiger partial charge in [0, 0.05) is 24.3 Å². The second-order valence-electron chi connectivity index (χ2n) is 9.09. The molecule has 0 aliphatic carbocycles. The number of aryl methyl sites for hydroxylation is 3. The van der Waals surface area contributed by atoms with Crippen LogP contribution in [-0.2, 0) is 16.6 Å². The maximum atomic E-state index is 13.2. The zero-order valence-corrected chi connectivity index (χ0v) is 21.1. The summed E-state index contributed by atoms with van der Waals surface area (Å²) in [5.74, 6) is -0.167. The summed E-state index contributed by atoms with van der Waals surface area (Å²) >= 11 is 0. The van der Waals surface area contributed by atoms with Crippen molar-refractivity contribution in [2.75, 3.05) is 18.4 Å². The van der Waals surface area contributed by atoms with Gasteiger partial charge in [-0.05, 0) is 69.9 Å². The van der Waals surface area contributed by atoms with Crippen molar-refractivity contribution in [3.05, 3.63) is 76.1 Å². The molecule has 0 bridgehead atoms. The molecule has 180 valence electrons. The molecule has 3 aromatic rings. The smallest absolute Gasteiger partial charge is 0.255 e. The highest BCUT2D eigenvalue weighted by Gasteiger charge is 2.31. The Labute approximate surface area is 201 Å². The number of carbonyl (C=O) groups is 1. The lowest BCUT2D eigenvalue weighted by Crippen LogP contribution is -2.36. The molecule has 1 fully saturated rings. The zero-order valence-electron chi connectivity index (χ0n) is 20.3.